The monoisotopic (exact) mass is 359 g/mol. The minimum Gasteiger partial charge on any atom is -0.497 e. The van der Waals surface area contributed by atoms with Crippen LogP contribution in [0.2, 0.25) is 0 Å². The fourth-order valence-corrected chi connectivity index (χ4v) is 2.70. The number of benzene rings is 1. The number of hydrogen-bond donors (Lipinski definition) is 2. The van der Waals surface area contributed by atoms with Crippen LogP contribution in [0.5, 0.6) is 5.75 Å². The molecule has 6 nitrogen and oxygen atoms in total. The fourth-order valence-electron chi connectivity index (χ4n) is 2.70. The maximum Gasteiger partial charge on any atom is 0.405 e. The fraction of sp³-hybridized carbons (Fsp3) is 0.500. The SMILES string of the molecule is CCC(N)C(=O)N1c2ccc(OC)cc2CC1C(=O)NCC(F)(F)F. The van der Waals surface area contributed by atoms with E-state index < -0.39 is 36.6 Å². The van der Waals surface area contributed by atoms with Crippen molar-refractivity contribution in [2.75, 3.05) is 18.6 Å². The van der Waals surface area contributed by atoms with Gasteiger partial charge in [-0.1, -0.05) is 6.92 Å². The van der Waals surface area contributed by atoms with Gasteiger partial charge in [0.1, 0.15) is 18.3 Å². The molecule has 0 saturated heterocycles. The van der Waals surface area contributed by atoms with E-state index in [1.54, 1.807) is 25.1 Å². The van der Waals surface area contributed by atoms with Crippen molar-refractivity contribution < 1.29 is 27.5 Å². The summed E-state index contributed by atoms with van der Waals surface area (Å²) in [5, 5.41) is 1.84. The zero-order chi connectivity index (χ0) is 18.8. The van der Waals surface area contributed by atoms with Crippen LogP contribution in [0.3, 0.4) is 0 Å². The van der Waals surface area contributed by atoms with Crippen LogP contribution in [0.15, 0.2) is 18.2 Å². The highest BCUT2D eigenvalue weighted by molar-refractivity contribution is 6.05. The highest BCUT2D eigenvalue weighted by Crippen LogP contribution is 2.35. The first-order valence-corrected chi connectivity index (χ1v) is 7.78. The first-order chi connectivity index (χ1) is 11.7. The number of methoxy groups -OCH3 is 1. The van der Waals surface area contributed by atoms with Crippen LogP contribution in [-0.2, 0) is 16.0 Å². The van der Waals surface area contributed by atoms with E-state index in [1.165, 1.54) is 12.0 Å². The van der Waals surface area contributed by atoms with Crippen LogP contribution in [0.1, 0.15) is 18.9 Å². The maximum absolute atomic E-state index is 12.6. The van der Waals surface area contributed by atoms with Crippen molar-refractivity contribution in [2.45, 2.75) is 38.0 Å². The van der Waals surface area contributed by atoms with Gasteiger partial charge in [0.05, 0.1) is 13.2 Å². The largest absolute Gasteiger partial charge is 0.497 e. The first-order valence-electron chi connectivity index (χ1n) is 7.78. The van der Waals surface area contributed by atoms with Gasteiger partial charge >= 0.3 is 6.18 Å². The standard InChI is InChI=1S/C16H20F3N3O3/c1-3-11(20)15(24)22-12-5-4-10(25-2)6-9(12)7-13(22)14(23)21-8-16(17,18)19/h4-6,11,13H,3,7-8,20H2,1-2H3,(H,21,23). The molecule has 1 aliphatic rings. The number of anilines is 1. The summed E-state index contributed by atoms with van der Waals surface area (Å²) in [6.07, 6.45) is -4.09. The molecule has 1 aromatic rings. The van der Waals surface area contributed by atoms with E-state index in [-0.39, 0.29) is 6.42 Å². The van der Waals surface area contributed by atoms with E-state index in [0.29, 0.717) is 23.4 Å². The van der Waals surface area contributed by atoms with E-state index in [2.05, 4.69) is 0 Å². The average molecular weight is 359 g/mol. The predicted octanol–water partition coefficient (Wildman–Crippen LogP) is 1.37. The number of rotatable bonds is 5. The minimum atomic E-state index is -4.53. The van der Waals surface area contributed by atoms with Gasteiger partial charge in [-0.2, -0.15) is 13.2 Å². The molecule has 1 aromatic carbocycles. The molecular formula is C16H20F3N3O3. The van der Waals surface area contributed by atoms with Crippen molar-refractivity contribution >= 4 is 17.5 Å². The van der Waals surface area contributed by atoms with Crippen LogP contribution in [0.4, 0.5) is 18.9 Å². The lowest BCUT2D eigenvalue weighted by atomic mass is 10.1. The first kappa shape index (κ1) is 19.0. The number of carbonyl (C=O) groups excluding carboxylic acids is 2. The minimum absolute atomic E-state index is 0.0956. The Kier molecular flexibility index (Phi) is 5.56. The van der Waals surface area contributed by atoms with Crippen molar-refractivity contribution in [1.29, 1.82) is 0 Å². The van der Waals surface area contributed by atoms with Crippen LogP contribution in [0.25, 0.3) is 0 Å². The number of fused-ring (bicyclic) bond motifs is 1. The lowest BCUT2D eigenvalue weighted by Gasteiger charge is -2.27. The quantitative estimate of drug-likeness (QED) is 0.832. The zero-order valence-electron chi connectivity index (χ0n) is 13.9. The molecular weight excluding hydrogens is 339 g/mol. The Bertz CT molecular complexity index is 664. The average Bonchev–Trinajstić information content (AvgIpc) is 2.95. The molecule has 0 radical (unpaired) electrons. The Morgan fingerprint density at radius 1 is 1.44 bits per heavy atom. The van der Waals surface area contributed by atoms with Gasteiger partial charge in [-0.3, -0.25) is 14.5 Å². The summed E-state index contributed by atoms with van der Waals surface area (Å²) in [4.78, 5) is 26.0. The number of amides is 2. The van der Waals surface area contributed by atoms with Gasteiger partial charge in [-0.25, -0.2) is 0 Å². The highest BCUT2D eigenvalue weighted by atomic mass is 19.4. The molecule has 1 aliphatic heterocycles. The Balaban J connectivity index is 2.31. The Morgan fingerprint density at radius 2 is 2.12 bits per heavy atom. The second kappa shape index (κ2) is 7.30. The van der Waals surface area contributed by atoms with Crippen molar-refractivity contribution in [3.63, 3.8) is 0 Å². The smallest absolute Gasteiger partial charge is 0.405 e. The maximum atomic E-state index is 12.6. The second-order valence-electron chi connectivity index (χ2n) is 5.77. The lowest BCUT2D eigenvalue weighted by molar-refractivity contribution is -0.139. The van der Waals surface area contributed by atoms with E-state index in [9.17, 15) is 22.8 Å². The van der Waals surface area contributed by atoms with Gasteiger partial charge in [-0.05, 0) is 30.2 Å². The lowest BCUT2D eigenvalue weighted by Crippen LogP contribution is -2.53. The number of nitrogens with one attached hydrogen (secondary N) is 1. The van der Waals surface area contributed by atoms with Gasteiger partial charge < -0.3 is 15.8 Å². The number of ether oxygens (including phenoxy) is 1. The van der Waals surface area contributed by atoms with E-state index in [0.717, 1.165) is 0 Å². The third kappa shape index (κ3) is 4.22. The Labute approximate surface area is 143 Å². The molecule has 1 heterocycles. The molecule has 2 atom stereocenters. The van der Waals surface area contributed by atoms with Crippen LogP contribution in [0, 0.1) is 0 Å². The van der Waals surface area contributed by atoms with Crippen molar-refractivity contribution in [1.82, 2.24) is 5.32 Å². The summed E-state index contributed by atoms with van der Waals surface area (Å²) in [5.41, 5.74) is 6.89. The summed E-state index contributed by atoms with van der Waals surface area (Å²) in [6.45, 7) is 0.260. The molecule has 2 rings (SSSR count). The predicted molar refractivity (Wildman–Crippen MR) is 85.3 cm³/mol. The number of halogens is 3. The number of carbonyl (C=O) groups is 2. The number of alkyl halides is 3. The third-order valence-corrected chi connectivity index (χ3v) is 4.03. The molecule has 0 aromatic heterocycles. The van der Waals surface area contributed by atoms with Crippen LogP contribution < -0.4 is 20.7 Å². The van der Waals surface area contributed by atoms with Gasteiger partial charge in [-0.15, -0.1) is 0 Å². The summed E-state index contributed by atoms with van der Waals surface area (Å²) in [5.74, 6) is -0.843. The van der Waals surface area contributed by atoms with E-state index >= 15 is 0 Å². The van der Waals surface area contributed by atoms with E-state index in [1.807, 2.05) is 5.32 Å². The molecule has 0 spiro atoms. The number of hydrogen-bond acceptors (Lipinski definition) is 4. The summed E-state index contributed by atoms with van der Waals surface area (Å²) >= 11 is 0. The molecule has 3 N–H and O–H groups in total. The van der Waals surface area contributed by atoms with Gasteiger partial charge in [0, 0.05) is 12.1 Å². The van der Waals surface area contributed by atoms with Gasteiger partial charge in [0.25, 0.3) is 0 Å². The highest BCUT2D eigenvalue weighted by Gasteiger charge is 2.41. The zero-order valence-corrected chi connectivity index (χ0v) is 13.9. The van der Waals surface area contributed by atoms with Crippen molar-refractivity contribution in [2.24, 2.45) is 5.73 Å². The normalized spacial score (nSPS) is 17.8. The Hall–Kier alpha value is -2.29. The van der Waals surface area contributed by atoms with E-state index in [4.69, 9.17) is 10.5 Å². The molecule has 25 heavy (non-hydrogen) atoms. The van der Waals surface area contributed by atoms with Gasteiger partial charge in [0.15, 0.2) is 0 Å². The molecule has 0 fully saturated rings. The molecule has 9 heteroatoms. The number of nitrogens with zero attached hydrogens (tertiary/aromatic N) is 1. The molecule has 2 unspecified atom stereocenters. The third-order valence-electron chi connectivity index (χ3n) is 4.03. The molecule has 138 valence electrons. The summed E-state index contributed by atoms with van der Waals surface area (Å²) in [6, 6.07) is 2.96. The molecule has 0 aliphatic carbocycles. The molecule has 2 amide bonds. The second-order valence-corrected chi connectivity index (χ2v) is 5.77. The Morgan fingerprint density at radius 3 is 2.68 bits per heavy atom. The van der Waals surface area contributed by atoms with Crippen molar-refractivity contribution in [3.05, 3.63) is 23.8 Å². The van der Waals surface area contributed by atoms with Crippen LogP contribution >= 0.6 is 0 Å². The van der Waals surface area contributed by atoms with Crippen molar-refractivity contribution in [3.8, 4) is 5.75 Å². The summed E-state index contributed by atoms with van der Waals surface area (Å²) in [7, 11) is 1.47. The number of nitrogens with two attached hydrogens (primary N) is 1. The van der Waals surface area contributed by atoms with Crippen LogP contribution in [-0.4, -0.2) is 43.7 Å². The summed E-state index contributed by atoms with van der Waals surface area (Å²) < 4.78 is 42.2. The molecule has 0 bridgehead atoms. The van der Waals surface area contributed by atoms with Gasteiger partial charge in [0.2, 0.25) is 11.8 Å². The molecule has 0 saturated carbocycles. The topological polar surface area (TPSA) is 84.7 Å².